The van der Waals surface area contributed by atoms with Crippen molar-refractivity contribution in [2.75, 3.05) is 33.4 Å². The number of rotatable bonds is 5. The maximum atomic E-state index is 5.91. The van der Waals surface area contributed by atoms with Gasteiger partial charge in [-0.3, -0.25) is 9.67 Å². The molecule has 0 amide bonds. The predicted octanol–water partition coefficient (Wildman–Crippen LogP) is 1.36. The van der Waals surface area contributed by atoms with E-state index in [-0.39, 0.29) is 6.10 Å². The molecule has 140 valence electrons. The van der Waals surface area contributed by atoms with E-state index in [2.05, 4.69) is 25.3 Å². The zero-order valence-electron chi connectivity index (χ0n) is 15.6. The van der Waals surface area contributed by atoms with Crippen LogP contribution in [0.3, 0.4) is 0 Å². The van der Waals surface area contributed by atoms with Crippen molar-refractivity contribution in [2.24, 2.45) is 12.0 Å². The summed E-state index contributed by atoms with van der Waals surface area (Å²) >= 11 is 0. The van der Waals surface area contributed by atoms with Gasteiger partial charge in [0.2, 0.25) is 5.88 Å². The van der Waals surface area contributed by atoms with Gasteiger partial charge in [-0.2, -0.15) is 5.10 Å². The van der Waals surface area contributed by atoms with Crippen LogP contribution in [0.2, 0.25) is 0 Å². The number of nitrogens with zero attached hydrogens (tertiary/aromatic N) is 5. The molecule has 0 spiro atoms. The summed E-state index contributed by atoms with van der Waals surface area (Å²) in [5, 5.41) is 7.65. The van der Waals surface area contributed by atoms with Gasteiger partial charge >= 0.3 is 0 Å². The Labute approximate surface area is 153 Å². The van der Waals surface area contributed by atoms with Crippen molar-refractivity contribution in [1.29, 1.82) is 0 Å². The molecule has 0 aromatic carbocycles. The molecule has 2 aromatic heterocycles. The monoisotopic (exact) mass is 358 g/mol. The number of aryl methyl sites for hydroxylation is 1. The Morgan fingerprint density at radius 1 is 1.50 bits per heavy atom. The number of aliphatic imine (C=N–C) groups is 1. The third-order valence-corrected chi connectivity index (χ3v) is 4.22. The molecule has 0 bridgehead atoms. The van der Waals surface area contributed by atoms with Crippen molar-refractivity contribution in [3.63, 3.8) is 0 Å². The highest BCUT2D eigenvalue weighted by molar-refractivity contribution is 5.80. The molecule has 1 N–H and O–H groups in total. The summed E-state index contributed by atoms with van der Waals surface area (Å²) in [6, 6.07) is 3.92. The fourth-order valence-electron chi connectivity index (χ4n) is 2.95. The lowest BCUT2D eigenvalue weighted by Crippen LogP contribution is -2.47. The van der Waals surface area contributed by atoms with Gasteiger partial charge in [0.1, 0.15) is 6.10 Å². The molecule has 3 rings (SSSR count). The Kier molecular flexibility index (Phi) is 6.06. The topological polar surface area (TPSA) is 76.8 Å². The maximum Gasteiger partial charge on any atom is 0.213 e. The first-order valence-electron chi connectivity index (χ1n) is 8.83. The first kappa shape index (κ1) is 18.2. The minimum atomic E-state index is 0.00137. The quantitative estimate of drug-likeness (QED) is 0.642. The van der Waals surface area contributed by atoms with E-state index >= 15 is 0 Å². The van der Waals surface area contributed by atoms with E-state index in [1.807, 2.05) is 38.5 Å². The van der Waals surface area contributed by atoms with E-state index in [1.165, 1.54) is 0 Å². The average molecular weight is 358 g/mol. The summed E-state index contributed by atoms with van der Waals surface area (Å²) in [6.45, 7) is 5.41. The standard InChI is InChI=1S/C18H26N6O2/c1-4-25-17-9-14(5-6-20-17)10-21-18(19-2)24-7-8-26-16(13-24)15-11-22-23(3)12-15/h5-6,9,11-12,16H,4,7-8,10,13H2,1-3H3,(H,19,21). The van der Waals surface area contributed by atoms with Crippen LogP contribution in [-0.4, -0.2) is 59.0 Å². The van der Waals surface area contributed by atoms with Crippen LogP contribution in [0.5, 0.6) is 5.88 Å². The van der Waals surface area contributed by atoms with Crippen LogP contribution in [0.1, 0.15) is 24.2 Å². The second-order valence-electron chi connectivity index (χ2n) is 6.09. The second kappa shape index (κ2) is 8.66. The number of nitrogens with one attached hydrogen (secondary N) is 1. The van der Waals surface area contributed by atoms with Crippen LogP contribution in [-0.2, 0) is 18.3 Å². The van der Waals surface area contributed by atoms with Crippen molar-refractivity contribution in [3.8, 4) is 5.88 Å². The van der Waals surface area contributed by atoms with Gasteiger partial charge in [0.15, 0.2) is 5.96 Å². The van der Waals surface area contributed by atoms with Crippen LogP contribution in [0.4, 0.5) is 0 Å². The number of hydrogen-bond acceptors (Lipinski definition) is 5. The fourth-order valence-corrected chi connectivity index (χ4v) is 2.95. The lowest BCUT2D eigenvalue weighted by atomic mass is 10.1. The third kappa shape index (κ3) is 4.51. The predicted molar refractivity (Wildman–Crippen MR) is 99.1 cm³/mol. The first-order chi connectivity index (χ1) is 12.7. The first-order valence-corrected chi connectivity index (χ1v) is 8.83. The summed E-state index contributed by atoms with van der Waals surface area (Å²) in [4.78, 5) is 10.8. The summed E-state index contributed by atoms with van der Waals surface area (Å²) < 4.78 is 13.2. The summed E-state index contributed by atoms with van der Waals surface area (Å²) in [6.07, 6.45) is 5.62. The molecular formula is C18H26N6O2. The number of guanidine groups is 1. The van der Waals surface area contributed by atoms with Gasteiger partial charge in [0.05, 0.1) is 26.0 Å². The number of hydrogen-bond donors (Lipinski definition) is 1. The zero-order chi connectivity index (χ0) is 18.4. The smallest absolute Gasteiger partial charge is 0.213 e. The van der Waals surface area contributed by atoms with Gasteiger partial charge in [-0.15, -0.1) is 0 Å². The van der Waals surface area contributed by atoms with Gasteiger partial charge < -0.3 is 19.7 Å². The maximum absolute atomic E-state index is 5.91. The Morgan fingerprint density at radius 2 is 2.38 bits per heavy atom. The van der Waals surface area contributed by atoms with Crippen molar-refractivity contribution < 1.29 is 9.47 Å². The van der Waals surface area contributed by atoms with Gasteiger partial charge in [-0.25, -0.2) is 4.98 Å². The molecule has 1 aliphatic heterocycles. The molecule has 3 heterocycles. The molecule has 1 aliphatic rings. The summed E-state index contributed by atoms with van der Waals surface area (Å²) in [7, 11) is 3.71. The SMILES string of the molecule is CCOc1cc(CNC(=NC)N2CCOC(c3cnn(C)c3)C2)ccn1. The largest absolute Gasteiger partial charge is 0.478 e. The van der Waals surface area contributed by atoms with E-state index < -0.39 is 0 Å². The highest BCUT2D eigenvalue weighted by Crippen LogP contribution is 2.21. The van der Waals surface area contributed by atoms with E-state index in [4.69, 9.17) is 9.47 Å². The van der Waals surface area contributed by atoms with E-state index in [9.17, 15) is 0 Å². The van der Waals surface area contributed by atoms with Crippen molar-refractivity contribution >= 4 is 5.96 Å². The third-order valence-electron chi connectivity index (χ3n) is 4.22. The van der Waals surface area contributed by atoms with Crippen molar-refractivity contribution in [1.82, 2.24) is 25.0 Å². The van der Waals surface area contributed by atoms with E-state index in [0.717, 1.165) is 30.2 Å². The van der Waals surface area contributed by atoms with E-state index in [0.29, 0.717) is 25.6 Å². The van der Waals surface area contributed by atoms with E-state index in [1.54, 1.807) is 17.9 Å². The van der Waals surface area contributed by atoms with Crippen LogP contribution < -0.4 is 10.1 Å². The minimum absolute atomic E-state index is 0.00137. The normalized spacial score (nSPS) is 18.0. The van der Waals surface area contributed by atoms with Gasteiger partial charge in [0, 0.05) is 51.2 Å². The average Bonchev–Trinajstić information content (AvgIpc) is 3.10. The lowest BCUT2D eigenvalue weighted by Gasteiger charge is -2.34. The molecule has 8 heteroatoms. The van der Waals surface area contributed by atoms with Crippen LogP contribution in [0.25, 0.3) is 0 Å². The summed E-state index contributed by atoms with van der Waals surface area (Å²) in [5.74, 6) is 1.50. The van der Waals surface area contributed by atoms with Gasteiger partial charge in [-0.1, -0.05) is 0 Å². The number of aromatic nitrogens is 3. The Hall–Kier alpha value is -2.61. The van der Waals surface area contributed by atoms with Crippen LogP contribution in [0.15, 0.2) is 35.7 Å². The Balaban J connectivity index is 1.60. The molecule has 26 heavy (non-hydrogen) atoms. The molecule has 1 atom stereocenters. The van der Waals surface area contributed by atoms with Crippen LogP contribution in [0, 0.1) is 0 Å². The Morgan fingerprint density at radius 3 is 3.12 bits per heavy atom. The number of morpholine rings is 1. The zero-order valence-corrected chi connectivity index (χ0v) is 15.6. The highest BCUT2D eigenvalue weighted by atomic mass is 16.5. The molecule has 2 aromatic rings. The van der Waals surface area contributed by atoms with Crippen LogP contribution >= 0.6 is 0 Å². The molecule has 0 saturated carbocycles. The Bertz CT molecular complexity index is 745. The lowest BCUT2D eigenvalue weighted by molar-refractivity contribution is -0.00805. The number of pyridine rings is 1. The molecule has 8 nitrogen and oxygen atoms in total. The molecule has 1 fully saturated rings. The molecule has 0 radical (unpaired) electrons. The molecule has 1 saturated heterocycles. The van der Waals surface area contributed by atoms with Crippen molar-refractivity contribution in [3.05, 3.63) is 41.9 Å². The minimum Gasteiger partial charge on any atom is -0.478 e. The number of ether oxygens (including phenoxy) is 2. The highest BCUT2D eigenvalue weighted by Gasteiger charge is 2.25. The summed E-state index contributed by atoms with van der Waals surface area (Å²) in [5.41, 5.74) is 2.19. The van der Waals surface area contributed by atoms with Crippen molar-refractivity contribution in [2.45, 2.75) is 19.6 Å². The molecular weight excluding hydrogens is 332 g/mol. The van der Waals surface area contributed by atoms with Gasteiger partial charge in [0.25, 0.3) is 0 Å². The molecule has 0 aliphatic carbocycles. The fraction of sp³-hybridized carbons (Fsp3) is 0.500. The molecule has 1 unspecified atom stereocenters. The van der Waals surface area contributed by atoms with Gasteiger partial charge in [-0.05, 0) is 18.6 Å². The second-order valence-corrected chi connectivity index (χ2v) is 6.09.